The van der Waals surface area contributed by atoms with E-state index in [9.17, 15) is 0 Å². The zero-order chi connectivity index (χ0) is 20.1. The minimum atomic E-state index is 0.365. The van der Waals surface area contributed by atoms with Crippen LogP contribution in [0.5, 0.6) is 0 Å². The number of likely N-dealkylation sites (tertiary alicyclic amines) is 1. The Balaban J connectivity index is 1.56. The molecule has 152 valence electrons. The van der Waals surface area contributed by atoms with E-state index >= 15 is 0 Å². The van der Waals surface area contributed by atoms with Gasteiger partial charge in [0, 0.05) is 31.3 Å². The number of piperidine rings is 1. The highest BCUT2D eigenvalue weighted by Crippen LogP contribution is 2.42. The smallest absolute Gasteiger partial charge is 0.0945 e. The van der Waals surface area contributed by atoms with E-state index in [1.165, 1.54) is 41.8 Å². The van der Waals surface area contributed by atoms with Gasteiger partial charge < -0.3 is 4.57 Å². The van der Waals surface area contributed by atoms with Crippen LogP contribution in [0.25, 0.3) is 0 Å². The van der Waals surface area contributed by atoms with Crippen molar-refractivity contribution in [1.29, 1.82) is 0 Å². The highest BCUT2D eigenvalue weighted by Gasteiger charge is 2.34. The Kier molecular flexibility index (Phi) is 6.35. The number of hydrogen-bond donors (Lipinski definition) is 0. The van der Waals surface area contributed by atoms with E-state index in [1.807, 2.05) is 43.2 Å². The average Bonchev–Trinajstić information content (AvgIpc) is 3.26. The van der Waals surface area contributed by atoms with Gasteiger partial charge in [-0.25, -0.2) is 4.98 Å². The van der Waals surface area contributed by atoms with Gasteiger partial charge in [-0.05, 0) is 75.8 Å². The first kappa shape index (κ1) is 19.8. The number of imidazole rings is 1. The van der Waals surface area contributed by atoms with Crippen LogP contribution in [0.15, 0.2) is 55.4 Å². The fourth-order valence-corrected chi connectivity index (χ4v) is 4.65. The summed E-state index contributed by atoms with van der Waals surface area (Å²) in [5, 5.41) is 0. The van der Waals surface area contributed by atoms with Crippen molar-refractivity contribution < 1.29 is 0 Å². The number of aryl methyl sites for hydroxylation is 3. The Bertz CT molecular complexity index is 852. The highest BCUT2D eigenvalue weighted by atomic mass is 15.2. The first-order valence-corrected chi connectivity index (χ1v) is 10.8. The molecule has 2 atom stereocenters. The third-order valence-electron chi connectivity index (χ3n) is 6.13. The molecular weight excluding hydrogens is 358 g/mol. The second-order valence-electron chi connectivity index (χ2n) is 8.12. The van der Waals surface area contributed by atoms with Gasteiger partial charge in [-0.3, -0.25) is 14.9 Å². The Labute approximate surface area is 173 Å². The second kappa shape index (κ2) is 9.31. The first-order valence-electron chi connectivity index (χ1n) is 10.8. The third kappa shape index (κ3) is 4.56. The van der Waals surface area contributed by atoms with Crippen LogP contribution in [0.1, 0.15) is 66.7 Å². The molecule has 4 rings (SSSR count). The summed E-state index contributed by atoms with van der Waals surface area (Å²) in [7, 11) is 0. The Morgan fingerprint density at radius 2 is 1.48 bits per heavy atom. The third-order valence-corrected chi connectivity index (χ3v) is 6.13. The van der Waals surface area contributed by atoms with E-state index in [4.69, 9.17) is 9.97 Å². The van der Waals surface area contributed by atoms with E-state index in [1.54, 1.807) is 0 Å². The molecule has 0 amide bonds. The van der Waals surface area contributed by atoms with Gasteiger partial charge in [0.05, 0.1) is 29.8 Å². The lowest BCUT2D eigenvalue weighted by molar-refractivity contribution is 0.0739. The fraction of sp³-hybridized carbons (Fsp3) is 0.458. The minimum Gasteiger partial charge on any atom is -0.337 e. The molecule has 5 heteroatoms. The molecule has 1 aliphatic rings. The van der Waals surface area contributed by atoms with Gasteiger partial charge in [-0.15, -0.1) is 0 Å². The van der Waals surface area contributed by atoms with Crippen LogP contribution in [-0.2, 0) is 6.54 Å². The molecule has 0 bridgehead atoms. The van der Waals surface area contributed by atoms with E-state index < -0.39 is 0 Å². The van der Waals surface area contributed by atoms with Gasteiger partial charge in [0.1, 0.15) is 0 Å². The lowest BCUT2D eigenvalue weighted by atomic mass is 9.88. The van der Waals surface area contributed by atoms with Crippen molar-refractivity contribution >= 4 is 0 Å². The summed E-state index contributed by atoms with van der Waals surface area (Å²) in [4.78, 5) is 16.4. The quantitative estimate of drug-likeness (QED) is 0.531. The number of pyridine rings is 2. The van der Waals surface area contributed by atoms with Gasteiger partial charge in [0.15, 0.2) is 0 Å². The van der Waals surface area contributed by atoms with Crippen LogP contribution in [0.4, 0.5) is 0 Å². The van der Waals surface area contributed by atoms with Crippen LogP contribution < -0.4 is 0 Å². The summed E-state index contributed by atoms with van der Waals surface area (Å²) >= 11 is 0. The number of nitrogens with zero attached hydrogens (tertiary/aromatic N) is 5. The van der Waals surface area contributed by atoms with Crippen molar-refractivity contribution in [2.75, 3.05) is 6.54 Å². The van der Waals surface area contributed by atoms with Gasteiger partial charge in [-0.2, -0.15) is 0 Å². The Hall–Kier alpha value is -2.53. The molecule has 0 radical (unpaired) electrons. The fourth-order valence-electron chi connectivity index (χ4n) is 4.65. The van der Waals surface area contributed by atoms with Crippen LogP contribution in [0.3, 0.4) is 0 Å². The Morgan fingerprint density at radius 3 is 2.03 bits per heavy atom. The minimum absolute atomic E-state index is 0.365. The predicted octanol–water partition coefficient (Wildman–Crippen LogP) is 5.04. The van der Waals surface area contributed by atoms with Gasteiger partial charge in [0.2, 0.25) is 0 Å². The first-order chi connectivity index (χ1) is 14.2. The number of hydrogen-bond acceptors (Lipinski definition) is 4. The second-order valence-corrected chi connectivity index (χ2v) is 8.12. The van der Waals surface area contributed by atoms with Gasteiger partial charge in [0.25, 0.3) is 0 Å². The van der Waals surface area contributed by atoms with Crippen LogP contribution in [0, 0.1) is 13.8 Å². The van der Waals surface area contributed by atoms with E-state index in [-0.39, 0.29) is 0 Å². The van der Waals surface area contributed by atoms with Gasteiger partial charge >= 0.3 is 0 Å². The molecule has 3 aromatic rings. The molecule has 0 spiro atoms. The summed E-state index contributed by atoms with van der Waals surface area (Å²) in [5.74, 6) is 0. The SMILES string of the molecule is Cc1cccnc1C1CCCC(c2ncccc2C)N1CCCCn1ccnc1. The monoisotopic (exact) mass is 389 g/mol. The average molecular weight is 390 g/mol. The number of aromatic nitrogens is 4. The van der Waals surface area contributed by atoms with E-state index in [2.05, 4.69) is 40.4 Å². The van der Waals surface area contributed by atoms with Crippen molar-refractivity contribution in [3.8, 4) is 0 Å². The molecule has 1 aliphatic heterocycles. The zero-order valence-electron chi connectivity index (χ0n) is 17.5. The summed E-state index contributed by atoms with van der Waals surface area (Å²) in [6.45, 7) is 6.47. The number of rotatable bonds is 7. The molecule has 4 heterocycles. The summed E-state index contributed by atoms with van der Waals surface area (Å²) in [5.41, 5.74) is 5.06. The largest absolute Gasteiger partial charge is 0.337 e. The standard InChI is InChI=1S/C24H31N5/c1-19-8-6-12-26-23(19)21-10-5-11-22(24-20(2)9-7-13-27-24)29(21)16-4-3-15-28-17-14-25-18-28/h6-9,12-14,17-18,21-22H,3-5,10-11,15-16H2,1-2H3. The van der Waals surface area contributed by atoms with Crippen LogP contribution >= 0.6 is 0 Å². The van der Waals surface area contributed by atoms with Crippen molar-refractivity contribution in [2.24, 2.45) is 0 Å². The maximum Gasteiger partial charge on any atom is 0.0945 e. The maximum absolute atomic E-state index is 4.80. The lowest BCUT2D eigenvalue weighted by Crippen LogP contribution is -2.38. The molecule has 5 nitrogen and oxygen atoms in total. The Morgan fingerprint density at radius 1 is 0.862 bits per heavy atom. The normalized spacial score (nSPS) is 20.1. The topological polar surface area (TPSA) is 46.8 Å². The van der Waals surface area contributed by atoms with Crippen molar-refractivity contribution in [2.45, 2.75) is 64.6 Å². The molecule has 3 aromatic heterocycles. The molecular formula is C24H31N5. The molecule has 0 saturated carbocycles. The van der Waals surface area contributed by atoms with E-state index in [0.29, 0.717) is 12.1 Å². The lowest BCUT2D eigenvalue weighted by Gasteiger charge is -2.42. The highest BCUT2D eigenvalue weighted by molar-refractivity contribution is 5.25. The zero-order valence-corrected chi connectivity index (χ0v) is 17.5. The molecule has 1 saturated heterocycles. The molecule has 0 aliphatic carbocycles. The predicted molar refractivity (Wildman–Crippen MR) is 115 cm³/mol. The molecule has 0 aromatic carbocycles. The van der Waals surface area contributed by atoms with Crippen molar-refractivity contribution in [3.63, 3.8) is 0 Å². The molecule has 0 N–H and O–H groups in total. The molecule has 29 heavy (non-hydrogen) atoms. The summed E-state index contributed by atoms with van der Waals surface area (Å²) in [6, 6.07) is 9.19. The van der Waals surface area contributed by atoms with E-state index in [0.717, 1.165) is 25.9 Å². The van der Waals surface area contributed by atoms with Gasteiger partial charge in [-0.1, -0.05) is 12.1 Å². The molecule has 1 fully saturated rings. The summed E-state index contributed by atoms with van der Waals surface area (Å²) < 4.78 is 2.16. The van der Waals surface area contributed by atoms with Crippen molar-refractivity contribution in [1.82, 2.24) is 24.4 Å². The van der Waals surface area contributed by atoms with Crippen LogP contribution in [0.2, 0.25) is 0 Å². The number of unbranched alkanes of at least 4 members (excludes halogenated alkanes) is 1. The summed E-state index contributed by atoms with van der Waals surface area (Å²) in [6.07, 6.45) is 15.5. The van der Waals surface area contributed by atoms with Crippen molar-refractivity contribution in [3.05, 3.63) is 77.9 Å². The molecule has 2 unspecified atom stereocenters. The van der Waals surface area contributed by atoms with Crippen LogP contribution in [-0.4, -0.2) is 31.0 Å². The maximum atomic E-state index is 4.80.